The van der Waals surface area contributed by atoms with Crippen LogP contribution in [0.1, 0.15) is 16.1 Å². The lowest BCUT2D eigenvalue weighted by Crippen LogP contribution is -2.08. The van der Waals surface area contributed by atoms with Crippen molar-refractivity contribution >= 4 is 11.8 Å². The SMILES string of the molecule is O=C(O)c1cnc(NCCc2cccc(F)c2)cn1. The average molecular weight is 261 g/mol. The van der Waals surface area contributed by atoms with Crippen molar-refractivity contribution in [2.75, 3.05) is 11.9 Å². The Morgan fingerprint density at radius 3 is 2.79 bits per heavy atom. The van der Waals surface area contributed by atoms with Crippen LogP contribution in [0.3, 0.4) is 0 Å². The molecule has 19 heavy (non-hydrogen) atoms. The summed E-state index contributed by atoms with van der Waals surface area (Å²) in [5, 5.41) is 11.7. The number of carbonyl (C=O) groups is 1. The van der Waals surface area contributed by atoms with Gasteiger partial charge in [0.1, 0.15) is 11.6 Å². The highest BCUT2D eigenvalue weighted by Gasteiger charge is 2.04. The maximum Gasteiger partial charge on any atom is 0.356 e. The molecule has 98 valence electrons. The number of carboxylic acid groups (broad SMARTS) is 1. The van der Waals surface area contributed by atoms with Gasteiger partial charge in [0.15, 0.2) is 5.69 Å². The second-order valence-corrected chi connectivity index (χ2v) is 3.90. The predicted octanol–water partition coefficient (Wildman–Crippen LogP) is 1.97. The zero-order valence-electron chi connectivity index (χ0n) is 10.0. The molecule has 0 unspecified atom stereocenters. The molecule has 0 aliphatic rings. The van der Waals surface area contributed by atoms with Gasteiger partial charge in [0.25, 0.3) is 0 Å². The summed E-state index contributed by atoms with van der Waals surface area (Å²) < 4.78 is 12.9. The molecular formula is C13H12FN3O2. The summed E-state index contributed by atoms with van der Waals surface area (Å²) in [5.41, 5.74) is 0.776. The highest BCUT2D eigenvalue weighted by Crippen LogP contribution is 2.05. The van der Waals surface area contributed by atoms with Crippen LogP contribution < -0.4 is 5.32 Å². The largest absolute Gasteiger partial charge is 0.476 e. The molecule has 1 aromatic heterocycles. The lowest BCUT2D eigenvalue weighted by molar-refractivity contribution is 0.0690. The Morgan fingerprint density at radius 2 is 2.16 bits per heavy atom. The molecular weight excluding hydrogens is 249 g/mol. The summed E-state index contributed by atoms with van der Waals surface area (Å²) in [6, 6.07) is 6.37. The minimum absolute atomic E-state index is 0.101. The van der Waals surface area contributed by atoms with Gasteiger partial charge in [0, 0.05) is 6.54 Å². The molecule has 2 rings (SSSR count). The molecule has 0 amide bonds. The van der Waals surface area contributed by atoms with Gasteiger partial charge in [-0.25, -0.2) is 19.2 Å². The number of benzene rings is 1. The minimum Gasteiger partial charge on any atom is -0.476 e. The van der Waals surface area contributed by atoms with Crippen LogP contribution in [0.4, 0.5) is 10.2 Å². The molecule has 1 aromatic carbocycles. The molecule has 6 heteroatoms. The van der Waals surface area contributed by atoms with E-state index < -0.39 is 5.97 Å². The first-order valence-corrected chi connectivity index (χ1v) is 5.69. The van der Waals surface area contributed by atoms with E-state index in [-0.39, 0.29) is 11.5 Å². The minimum atomic E-state index is -1.11. The number of carboxylic acids is 1. The Morgan fingerprint density at radius 1 is 1.32 bits per heavy atom. The zero-order chi connectivity index (χ0) is 13.7. The summed E-state index contributed by atoms with van der Waals surface area (Å²) in [6.45, 7) is 0.560. The van der Waals surface area contributed by atoms with Gasteiger partial charge in [-0.1, -0.05) is 12.1 Å². The number of aromatic carboxylic acids is 1. The lowest BCUT2D eigenvalue weighted by Gasteiger charge is -2.05. The van der Waals surface area contributed by atoms with Crippen molar-refractivity contribution in [3.63, 3.8) is 0 Å². The van der Waals surface area contributed by atoms with E-state index in [2.05, 4.69) is 15.3 Å². The summed E-state index contributed by atoms with van der Waals surface area (Å²) >= 11 is 0. The molecule has 0 spiro atoms. The molecule has 0 aliphatic heterocycles. The van der Waals surface area contributed by atoms with Crippen molar-refractivity contribution in [1.29, 1.82) is 0 Å². The number of nitrogens with one attached hydrogen (secondary N) is 1. The Hall–Kier alpha value is -2.50. The normalized spacial score (nSPS) is 10.2. The monoisotopic (exact) mass is 261 g/mol. The molecule has 2 N–H and O–H groups in total. The molecule has 2 aromatic rings. The van der Waals surface area contributed by atoms with Crippen LogP contribution >= 0.6 is 0 Å². The van der Waals surface area contributed by atoms with Gasteiger partial charge in [-0.05, 0) is 24.1 Å². The van der Waals surface area contributed by atoms with Crippen molar-refractivity contribution in [2.45, 2.75) is 6.42 Å². The van der Waals surface area contributed by atoms with Crippen molar-refractivity contribution in [3.05, 3.63) is 53.7 Å². The number of anilines is 1. The number of nitrogens with zero attached hydrogens (tertiary/aromatic N) is 2. The van der Waals surface area contributed by atoms with E-state index in [1.807, 2.05) is 6.07 Å². The Bertz CT molecular complexity index is 572. The molecule has 1 heterocycles. The van der Waals surface area contributed by atoms with Crippen LogP contribution in [0.25, 0.3) is 0 Å². The number of aromatic nitrogens is 2. The number of halogens is 1. The number of rotatable bonds is 5. The van der Waals surface area contributed by atoms with Gasteiger partial charge in [-0.2, -0.15) is 0 Å². The molecule has 5 nitrogen and oxygen atoms in total. The van der Waals surface area contributed by atoms with Crippen LogP contribution in [0, 0.1) is 5.82 Å². The van der Waals surface area contributed by atoms with Gasteiger partial charge in [0.2, 0.25) is 0 Å². The van der Waals surface area contributed by atoms with E-state index in [9.17, 15) is 9.18 Å². The van der Waals surface area contributed by atoms with Gasteiger partial charge in [0.05, 0.1) is 12.4 Å². The van der Waals surface area contributed by atoms with Crippen LogP contribution in [0.15, 0.2) is 36.7 Å². The van der Waals surface area contributed by atoms with Crippen molar-refractivity contribution in [1.82, 2.24) is 9.97 Å². The van der Waals surface area contributed by atoms with E-state index in [0.29, 0.717) is 18.8 Å². The zero-order valence-corrected chi connectivity index (χ0v) is 10.0. The second-order valence-electron chi connectivity index (χ2n) is 3.90. The van der Waals surface area contributed by atoms with Crippen molar-refractivity contribution in [2.24, 2.45) is 0 Å². The van der Waals surface area contributed by atoms with E-state index in [1.54, 1.807) is 6.07 Å². The molecule has 0 atom stereocenters. The Kier molecular flexibility index (Phi) is 4.02. The highest BCUT2D eigenvalue weighted by atomic mass is 19.1. The summed E-state index contributed by atoms with van der Waals surface area (Å²) in [5.74, 6) is -0.886. The van der Waals surface area contributed by atoms with E-state index in [1.165, 1.54) is 24.5 Å². The topological polar surface area (TPSA) is 75.1 Å². The van der Waals surface area contributed by atoms with Crippen LogP contribution in [0.2, 0.25) is 0 Å². The number of hydrogen-bond donors (Lipinski definition) is 2. The third kappa shape index (κ3) is 3.74. The first-order chi connectivity index (χ1) is 9.15. The van der Waals surface area contributed by atoms with Gasteiger partial charge in [-0.15, -0.1) is 0 Å². The summed E-state index contributed by atoms with van der Waals surface area (Å²) in [7, 11) is 0. The quantitative estimate of drug-likeness (QED) is 0.860. The van der Waals surface area contributed by atoms with Gasteiger partial charge >= 0.3 is 5.97 Å². The maximum atomic E-state index is 12.9. The smallest absolute Gasteiger partial charge is 0.356 e. The fourth-order valence-corrected chi connectivity index (χ4v) is 1.56. The molecule has 0 saturated heterocycles. The Labute approximate surface area is 109 Å². The maximum absolute atomic E-state index is 12.9. The first kappa shape index (κ1) is 12.9. The lowest BCUT2D eigenvalue weighted by atomic mass is 10.1. The highest BCUT2D eigenvalue weighted by molar-refractivity contribution is 5.84. The molecule has 0 fully saturated rings. The van der Waals surface area contributed by atoms with Crippen LogP contribution in [-0.4, -0.2) is 27.6 Å². The van der Waals surface area contributed by atoms with E-state index in [4.69, 9.17) is 5.11 Å². The Balaban J connectivity index is 1.87. The van der Waals surface area contributed by atoms with E-state index >= 15 is 0 Å². The van der Waals surface area contributed by atoms with Crippen molar-refractivity contribution < 1.29 is 14.3 Å². The fourth-order valence-electron chi connectivity index (χ4n) is 1.56. The predicted molar refractivity (Wildman–Crippen MR) is 67.6 cm³/mol. The van der Waals surface area contributed by atoms with E-state index in [0.717, 1.165) is 5.56 Å². The fraction of sp³-hybridized carbons (Fsp3) is 0.154. The molecule has 0 bridgehead atoms. The summed E-state index contributed by atoms with van der Waals surface area (Å²) in [4.78, 5) is 18.2. The molecule has 0 saturated carbocycles. The van der Waals surface area contributed by atoms with Gasteiger partial charge in [-0.3, -0.25) is 0 Å². The molecule has 0 aliphatic carbocycles. The first-order valence-electron chi connectivity index (χ1n) is 5.69. The van der Waals surface area contributed by atoms with Gasteiger partial charge < -0.3 is 10.4 Å². The van der Waals surface area contributed by atoms with Crippen LogP contribution in [-0.2, 0) is 6.42 Å². The average Bonchev–Trinajstić information content (AvgIpc) is 2.39. The summed E-state index contributed by atoms with van der Waals surface area (Å²) in [6.07, 6.45) is 3.18. The molecule has 0 radical (unpaired) electrons. The second kappa shape index (κ2) is 5.90. The third-order valence-corrected chi connectivity index (χ3v) is 2.48. The standard InChI is InChI=1S/C13H12FN3O2/c14-10-3-1-2-9(6-10)4-5-15-12-8-16-11(7-17-12)13(18)19/h1-3,6-8H,4-5H2,(H,15,17)(H,18,19). The third-order valence-electron chi connectivity index (χ3n) is 2.48. The van der Waals surface area contributed by atoms with Crippen LogP contribution in [0.5, 0.6) is 0 Å². The van der Waals surface area contributed by atoms with Crippen molar-refractivity contribution in [3.8, 4) is 0 Å². The number of hydrogen-bond acceptors (Lipinski definition) is 4.